The fourth-order valence-corrected chi connectivity index (χ4v) is 4.99. The molecule has 1 aromatic heterocycles. The predicted molar refractivity (Wildman–Crippen MR) is 121 cm³/mol. The van der Waals surface area contributed by atoms with Gasteiger partial charge in [0, 0.05) is 21.5 Å². The largest absolute Gasteiger partial charge is 0.442 e. The van der Waals surface area contributed by atoms with Crippen molar-refractivity contribution in [1.29, 1.82) is 0 Å². The van der Waals surface area contributed by atoms with Crippen LogP contribution in [-0.4, -0.2) is 15.6 Å². The molecule has 0 spiro atoms. The number of imidazole rings is 1. The Hall–Kier alpha value is -2.15. The van der Waals surface area contributed by atoms with Crippen LogP contribution in [0, 0.1) is 0 Å². The number of aryl methyl sites for hydroxylation is 1. The van der Waals surface area contributed by atoms with E-state index >= 15 is 0 Å². The monoisotopic (exact) mass is 463 g/mol. The van der Waals surface area contributed by atoms with Crippen molar-refractivity contribution in [3.05, 3.63) is 75.7 Å². The van der Waals surface area contributed by atoms with Crippen molar-refractivity contribution in [2.24, 2.45) is 5.73 Å². The molecule has 0 saturated carbocycles. The van der Waals surface area contributed by atoms with Gasteiger partial charge in [-0.1, -0.05) is 79.1 Å². The molecular formula is C22H23Cl2N3O2S. The van der Waals surface area contributed by atoms with E-state index in [2.05, 4.69) is 30.5 Å². The molecule has 30 heavy (non-hydrogen) atoms. The molecule has 0 saturated heterocycles. The summed E-state index contributed by atoms with van der Waals surface area (Å²) in [5.41, 5.74) is 7.32. The van der Waals surface area contributed by atoms with Gasteiger partial charge in [-0.15, -0.1) is 0 Å². The highest BCUT2D eigenvalue weighted by atomic mass is 35.5. The van der Waals surface area contributed by atoms with Gasteiger partial charge in [-0.2, -0.15) is 0 Å². The van der Waals surface area contributed by atoms with Gasteiger partial charge in [-0.05, 0) is 36.1 Å². The lowest BCUT2D eigenvalue weighted by Gasteiger charge is -2.14. The third-order valence-electron chi connectivity index (χ3n) is 4.43. The second-order valence-electron chi connectivity index (χ2n) is 7.08. The van der Waals surface area contributed by atoms with Gasteiger partial charge in [0.05, 0.1) is 5.69 Å². The molecule has 1 heterocycles. The molecule has 1 amide bonds. The lowest BCUT2D eigenvalue weighted by Crippen LogP contribution is -2.16. The number of carbonyl (C=O) groups excluding carboxylic acids is 1. The van der Waals surface area contributed by atoms with Gasteiger partial charge in [-0.25, -0.2) is 9.78 Å². The van der Waals surface area contributed by atoms with Crippen molar-refractivity contribution in [2.45, 2.75) is 49.3 Å². The SMILES string of the molecule is CC(C)c1nc(COC(N)=O)n(CCc2ccccc2)c1Sc1cc(Cl)cc(Cl)c1. The molecule has 0 fully saturated rings. The Labute approximate surface area is 190 Å². The van der Waals surface area contributed by atoms with E-state index in [0.29, 0.717) is 22.4 Å². The van der Waals surface area contributed by atoms with Crippen LogP contribution in [0.25, 0.3) is 0 Å². The number of nitrogens with zero attached hydrogens (tertiary/aromatic N) is 2. The molecular weight excluding hydrogens is 441 g/mol. The first-order valence-electron chi connectivity index (χ1n) is 9.53. The smallest absolute Gasteiger partial charge is 0.404 e. The fourth-order valence-electron chi connectivity index (χ4n) is 3.05. The number of hydrogen-bond acceptors (Lipinski definition) is 4. The Balaban J connectivity index is 2.00. The number of hydrogen-bond donors (Lipinski definition) is 1. The van der Waals surface area contributed by atoms with Crippen molar-refractivity contribution < 1.29 is 9.53 Å². The van der Waals surface area contributed by atoms with Crippen molar-refractivity contribution >= 4 is 41.1 Å². The van der Waals surface area contributed by atoms with Crippen LogP contribution in [0.2, 0.25) is 10.0 Å². The van der Waals surface area contributed by atoms with Gasteiger partial charge < -0.3 is 15.0 Å². The topological polar surface area (TPSA) is 70.1 Å². The van der Waals surface area contributed by atoms with E-state index in [4.69, 9.17) is 38.7 Å². The van der Waals surface area contributed by atoms with Crippen LogP contribution in [0.4, 0.5) is 4.79 Å². The van der Waals surface area contributed by atoms with Crippen LogP contribution in [0.15, 0.2) is 58.5 Å². The molecule has 2 N–H and O–H groups in total. The Kier molecular flexibility index (Phi) is 7.69. The normalized spacial score (nSPS) is 11.1. The Bertz CT molecular complexity index is 1000. The van der Waals surface area contributed by atoms with E-state index in [1.807, 2.05) is 30.3 Å². The molecule has 5 nitrogen and oxygen atoms in total. The Morgan fingerprint density at radius 3 is 2.43 bits per heavy atom. The molecule has 158 valence electrons. The first-order chi connectivity index (χ1) is 14.3. The molecule has 0 bridgehead atoms. The summed E-state index contributed by atoms with van der Waals surface area (Å²) in [6.45, 7) is 4.85. The second kappa shape index (κ2) is 10.2. The van der Waals surface area contributed by atoms with Gasteiger partial charge in [0.2, 0.25) is 0 Å². The van der Waals surface area contributed by atoms with Crippen molar-refractivity contribution in [3.63, 3.8) is 0 Å². The highest BCUT2D eigenvalue weighted by Gasteiger charge is 2.21. The summed E-state index contributed by atoms with van der Waals surface area (Å²) in [7, 11) is 0. The van der Waals surface area contributed by atoms with Gasteiger partial charge in [0.25, 0.3) is 0 Å². The van der Waals surface area contributed by atoms with Crippen LogP contribution in [0.3, 0.4) is 0 Å². The summed E-state index contributed by atoms with van der Waals surface area (Å²) in [6, 6.07) is 15.6. The van der Waals surface area contributed by atoms with Crippen molar-refractivity contribution in [1.82, 2.24) is 9.55 Å². The number of amides is 1. The average Bonchev–Trinajstić information content (AvgIpc) is 3.02. The van der Waals surface area contributed by atoms with Crippen LogP contribution >= 0.6 is 35.0 Å². The molecule has 0 aliphatic carbocycles. The second-order valence-corrected chi connectivity index (χ2v) is 9.01. The van der Waals surface area contributed by atoms with Gasteiger partial charge in [0.15, 0.2) is 6.61 Å². The standard InChI is InChI=1S/C22H23Cl2N3O2S/c1-14(2)20-21(30-18-11-16(23)10-17(24)12-18)27(19(26-20)13-29-22(25)28)9-8-15-6-4-3-5-7-15/h3-7,10-12,14H,8-9,13H2,1-2H3,(H2,25,28). The van der Waals surface area contributed by atoms with E-state index in [9.17, 15) is 4.79 Å². The highest BCUT2D eigenvalue weighted by Crippen LogP contribution is 2.37. The molecule has 0 unspecified atom stereocenters. The third-order valence-corrected chi connectivity index (χ3v) is 5.96. The molecule has 3 aromatic rings. The lowest BCUT2D eigenvalue weighted by atomic mass is 10.1. The van der Waals surface area contributed by atoms with Gasteiger partial charge in [0.1, 0.15) is 10.9 Å². The van der Waals surface area contributed by atoms with Gasteiger partial charge >= 0.3 is 6.09 Å². The Morgan fingerprint density at radius 1 is 1.17 bits per heavy atom. The van der Waals surface area contributed by atoms with Gasteiger partial charge in [-0.3, -0.25) is 0 Å². The van der Waals surface area contributed by atoms with E-state index in [0.717, 1.165) is 22.0 Å². The third kappa shape index (κ3) is 5.94. The van der Waals surface area contributed by atoms with Crippen LogP contribution in [0.1, 0.15) is 36.8 Å². The quantitative estimate of drug-likeness (QED) is 0.425. The summed E-state index contributed by atoms with van der Waals surface area (Å²) < 4.78 is 7.15. The number of carbonyl (C=O) groups is 1. The maximum absolute atomic E-state index is 11.2. The zero-order valence-electron chi connectivity index (χ0n) is 16.8. The van der Waals surface area contributed by atoms with E-state index in [-0.39, 0.29) is 12.5 Å². The molecule has 0 aliphatic heterocycles. The summed E-state index contributed by atoms with van der Waals surface area (Å²) >= 11 is 13.9. The first kappa shape index (κ1) is 22.5. The summed E-state index contributed by atoms with van der Waals surface area (Å²) in [5, 5.41) is 2.12. The zero-order valence-corrected chi connectivity index (χ0v) is 19.1. The highest BCUT2D eigenvalue weighted by molar-refractivity contribution is 7.99. The maximum Gasteiger partial charge on any atom is 0.404 e. The fraction of sp³-hybridized carbons (Fsp3) is 0.273. The molecule has 0 aliphatic rings. The molecule has 0 radical (unpaired) electrons. The number of nitrogens with two attached hydrogens (primary N) is 1. The number of rotatable bonds is 8. The van der Waals surface area contributed by atoms with Crippen molar-refractivity contribution in [2.75, 3.05) is 0 Å². The number of ether oxygens (including phenoxy) is 1. The Morgan fingerprint density at radius 2 is 1.83 bits per heavy atom. The summed E-state index contributed by atoms with van der Waals surface area (Å²) in [6.07, 6.45) is -0.0168. The average molecular weight is 464 g/mol. The molecule has 3 rings (SSSR count). The molecule has 2 aromatic carbocycles. The van der Waals surface area contributed by atoms with Crippen molar-refractivity contribution in [3.8, 4) is 0 Å². The summed E-state index contributed by atoms with van der Waals surface area (Å²) in [4.78, 5) is 16.9. The van der Waals surface area contributed by atoms with Crippen LogP contribution in [0.5, 0.6) is 0 Å². The van der Waals surface area contributed by atoms with Crippen LogP contribution in [-0.2, 0) is 24.3 Å². The minimum Gasteiger partial charge on any atom is -0.442 e. The number of halogens is 2. The maximum atomic E-state index is 11.2. The molecule has 8 heteroatoms. The summed E-state index contributed by atoms with van der Waals surface area (Å²) in [5.74, 6) is 0.830. The minimum atomic E-state index is -0.825. The predicted octanol–water partition coefficient (Wildman–Crippen LogP) is 6.30. The minimum absolute atomic E-state index is 0.0146. The van der Waals surface area contributed by atoms with E-state index in [1.165, 1.54) is 5.56 Å². The molecule has 0 atom stereocenters. The number of benzene rings is 2. The lowest BCUT2D eigenvalue weighted by molar-refractivity contribution is 0.145. The number of primary amides is 1. The zero-order chi connectivity index (χ0) is 21.7. The number of aromatic nitrogens is 2. The van der Waals surface area contributed by atoms with E-state index in [1.54, 1.807) is 17.8 Å². The van der Waals surface area contributed by atoms with Crippen LogP contribution < -0.4 is 5.73 Å². The first-order valence-corrected chi connectivity index (χ1v) is 11.1. The van der Waals surface area contributed by atoms with E-state index < -0.39 is 6.09 Å².